The Hall–Kier alpha value is -0.850. The van der Waals surface area contributed by atoms with Crippen molar-refractivity contribution in [2.45, 2.75) is 25.1 Å². The smallest absolute Gasteiger partial charge is 0.268 e. The third-order valence-electron chi connectivity index (χ3n) is 2.79. The molecular formula is C12H17N3OS2. The Morgan fingerprint density at radius 1 is 1.61 bits per heavy atom. The maximum atomic E-state index is 11.7. The fourth-order valence-electron chi connectivity index (χ4n) is 1.64. The summed E-state index contributed by atoms with van der Waals surface area (Å²) in [4.78, 5) is 19.0. The number of nitrogens with one attached hydrogen (secondary N) is 2. The first-order chi connectivity index (χ1) is 8.70. The second-order valence-corrected chi connectivity index (χ2v) is 6.35. The number of H-pyrrole nitrogens is 1. The zero-order chi connectivity index (χ0) is 13.0. The van der Waals surface area contributed by atoms with E-state index in [1.807, 2.05) is 23.2 Å². The van der Waals surface area contributed by atoms with Crippen molar-refractivity contribution in [2.75, 3.05) is 12.8 Å². The summed E-state index contributed by atoms with van der Waals surface area (Å²) in [6.07, 6.45) is 3.24. The van der Waals surface area contributed by atoms with Crippen LogP contribution in [0.25, 0.3) is 10.2 Å². The molecule has 2 aromatic rings. The highest BCUT2D eigenvalue weighted by Gasteiger charge is 2.04. The van der Waals surface area contributed by atoms with E-state index in [1.54, 1.807) is 0 Å². The summed E-state index contributed by atoms with van der Waals surface area (Å²) in [7, 11) is 0. The van der Waals surface area contributed by atoms with Gasteiger partial charge in [0.25, 0.3) is 5.56 Å². The molecule has 0 radical (unpaired) electrons. The Labute approximate surface area is 114 Å². The number of fused-ring (bicyclic) bond motifs is 1. The topological polar surface area (TPSA) is 57.8 Å². The number of aromatic amines is 1. The summed E-state index contributed by atoms with van der Waals surface area (Å²) in [5.74, 6) is 0.711. The van der Waals surface area contributed by atoms with Gasteiger partial charge in [0.05, 0.1) is 12.1 Å². The zero-order valence-corrected chi connectivity index (χ0v) is 12.2. The molecule has 18 heavy (non-hydrogen) atoms. The average Bonchev–Trinajstić information content (AvgIpc) is 2.83. The highest BCUT2D eigenvalue weighted by molar-refractivity contribution is 7.99. The summed E-state index contributed by atoms with van der Waals surface area (Å²) in [6.45, 7) is 3.76. The van der Waals surface area contributed by atoms with Crippen LogP contribution in [-0.4, -0.2) is 28.0 Å². The first kappa shape index (κ1) is 13.6. The molecule has 0 aliphatic carbocycles. The SMILES string of the molecule is CSC(C)CCNCc1nc2ccsc2c(=O)[nH]1. The third-order valence-corrected chi connectivity index (χ3v) is 4.73. The minimum atomic E-state index is -0.0377. The van der Waals surface area contributed by atoms with Crippen molar-refractivity contribution >= 4 is 33.3 Å². The summed E-state index contributed by atoms with van der Waals surface area (Å²) in [6, 6.07) is 1.88. The van der Waals surface area contributed by atoms with Gasteiger partial charge >= 0.3 is 0 Å². The Morgan fingerprint density at radius 2 is 2.44 bits per heavy atom. The van der Waals surface area contributed by atoms with Crippen molar-refractivity contribution in [2.24, 2.45) is 0 Å². The van der Waals surface area contributed by atoms with Crippen molar-refractivity contribution in [3.05, 3.63) is 27.6 Å². The molecule has 0 saturated heterocycles. The lowest BCUT2D eigenvalue weighted by atomic mass is 10.3. The number of rotatable bonds is 6. The Kier molecular flexibility index (Phi) is 4.79. The first-order valence-electron chi connectivity index (χ1n) is 5.90. The van der Waals surface area contributed by atoms with E-state index in [1.165, 1.54) is 11.3 Å². The molecule has 0 saturated carbocycles. The summed E-state index contributed by atoms with van der Waals surface area (Å²) >= 11 is 3.29. The predicted molar refractivity (Wildman–Crippen MR) is 79.5 cm³/mol. The lowest BCUT2D eigenvalue weighted by Crippen LogP contribution is -2.21. The van der Waals surface area contributed by atoms with Crippen molar-refractivity contribution in [3.8, 4) is 0 Å². The van der Waals surface area contributed by atoms with Crippen molar-refractivity contribution in [1.82, 2.24) is 15.3 Å². The molecule has 0 aromatic carbocycles. The largest absolute Gasteiger partial charge is 0.310 e. The van der Waals surface area contributed by atoms with Gasteiger partial charge in [-0.25, -0.2) is 4.98 Å². The molecule has 1 atom stereocenters. The molecule has 2 aromatic heterocycles. The molecule has 2 N–H and O–H groups in total. The zero-order valence-electron chi connectivity index (χ0n) is 10.5. The average molecular weight is 283 g/mol. The molecule has 98 valence electrons. The number of nitrogens with zero attached hydrogens (tertiary/aromatic N) is 1. The van der Waals surface area contributed by atoms with E-state index >= 15 is 0 Å². The van der Waals surface area contributed by atoms with Gasteiger partial charge in [-0.05, 0) is 30.7 Å². The maximum Gasteiger partial charge on any atom is 0.268 e. The van der Waals surface area contributed by atoms with Gasteiger partial charge in [-0.1, -0.05) is 6.92 Å². The van der Waals surface area contributed by atoms with Gasteiger partial charge in [-0.15, -0.1) is 11.3 Å². The molecule has 0 bridgehead atoms. The normalized spacial score (nSPS) is 13.0. The summed E-state index contributed by atoms with van der Waals surface area (Å²) < 4.78 is 0.703. The van der Waals surface area contributed by atoms with Gasteiger partial charge in [0.1, 0.15) is 10.5 Å². The number of hydrogen-bond acceptors (Lipinski definition) is 5. The van der Waals surface area contributed by atoms with Crippen LogP contribution in [0.15, 0.2) is 16.2 Å². The summed E-state index contributed by atoms with van der Waals surface area (Å²) in [5.41, 5.74) is 0.752. The molecule has 0 fully saturated rings. The van der Waals surface area contributed by atoms with E-state index in [2.05, 4.69) is 28.5 Å². The van der Waals surface area contributed by atoms with Gasteiger partial charge in [-0.3, -0.25) is 4.79 Å². The highest BCUT2D eigenvalue weighted by Crippen LogP contribution is 2.13. The molecular weight excluding hydrogens is 266 g/mol. The van der Waals surface area contributed by atoms with E-state index in [4.69, 9.17) is 0 Å². The van der Waals surface area contributed by atoms with Gasteiger partial charge in [0.2, 0.25) is 0 Å². The number of thiophene rings is 1. The monoisotopic (exact) mass is 283 g/mol. The standard InChI is InChI=1S/C12H17N3OS2/c1-8(17-2)3-5-13-7-10-14-9-4-6-18-11(9)12(16)15-10/h4,6,8,13H,3,5,7H2,1-2H3,(H,14,15,16). The summed E-state index contributed by atoms with van der Waals surface area (Å²) in [5, 5.41) is 5.86. The first-order valence-corrected chi connectivity index (χ1v) is 8.07. The van der Waals surface area contributed by atoms with E-state index in [0.717, 1.165) is 18.5 Å². The number of hydrogen-bond donors (Lipinski definition) is 2. The molecule has 0 spiro atoms. The minimum absolute atomic E-state index is 0.0377. The number of thioether (sulfide) groups is 1. The fourth-order valence-corrected chi connectivity index (χ4v) is 2.71. The van der Waals surface area contributed by atoms with Gasteiger partial charge in [0, 0.05) is 5.25 Å². The van der Waals surface area contributed by atoms with Crippen LogP contribution >= 0.6 is 23.1 Å². The molecule has 2 heterocycles. The van der Waals surface area contributed by atoms with E-state index in [9.17, 15) is 4.79 Å². The van der Waals surface area contributed by atoms with Crippen molar-refractivity contribution in [3.63, 3.8) is 0 Å². The van der Waals surface area contributed by atoms with E-state index in [0.29, 0.717) is 22.3 Å². The van der Waals surface area contributed by atoms with Crippen molar-refractivity contribution < 1.29 is 0 Å². The Balaban J connectivity index is 1.93. The molecule has 2 rings (SSSR count). The molecule has 4 nitrogen and oxygen atoms in total. The van der Waals surface area contributed by atoms with Crippen molar-refractivity contribution in [1.29, 1.82) is 0 Å². The van der Waals surface area contributed by atoms with Gasteiger partial charge in [0.15, 0.2) is 0 Å². The van der Waals surface area contributed by atoms with Crippen LogP contribution in [0.3, 0.4) is 0 Å². The van der Waals surface area contributed by atoms with Crippen LogP contribution < -0.4 is 10.9 Å². The van der Waals surface area contributed by atoms with Crippen LogP contribution in [0.4, 0.5) is 0 Å². The van der Waals surface area contributed by atoms with E-state index < -0.39 is 0 Å². The highest BCUT2D eigenvalue weighted by atomic mass is 32.2. The minimum Gasteiger partial charge on any atom is -0.310 e. The van der Waals surface area contributed by atoms with Crippen LogP contribution in [-0.2, 0) is 6.54 Å². The molecule has 0 aliphatic rings. The van der Waals surface area contributed by atoms with E-state index in [-0.39, 0.29) is 5.56 Å². The second-order valence-electron chi connectivity index (χ2n) is 4.16. The quantitative estimate of drug-likeness (QED) is 0.798. The number of aromatic nitrogens is 2. The third kappa shape index (κ3) is 3.34. The maximum absolute atomic E-state index is 11.7. The predicted octanol–water partition coefficient (Wildman–Crippen LogP) is 2.22. The van der Waals surface area contributed by atoms with Crippen LogP contribution in [0.2, 0.25) is 0 Å². The van der Waals surface area contributed by atoms with Crippen LogP contribution in [0.5, 0.6) is 0 Å². The molecule has 0 amide bonds. The Morgan fingerprint density at radius 3 is 3.22 bits per heavy atom. The second kappa shape index (κ2) is 6.36. The fraction of sp³-hybridized carbons (Fsp3) is 0.500. The lowest BCUT2D eigenvalue weighted by molar-refractivity contribution is 0.629. The van der Waals surface area contributed by atoms with Gasteiger partial charge < -0.3 is 10.3 Å². The Bertz CT molecular complexity index is 564. The molecule has 0 aliphatic heterocycles. The van der Waals surface area contributed by atoms with Crippen LogP contribution in [0.1, 0.15) is 19.2 Å². The van der Waals surface area contributed by atoms with Crippen LogP contribution in [0, 0.1) is 0 Å². The van der Waals surface area contributed by atoms with Gasteiger partial charge in [-0.2, -0.15) is 11.8 Å². The lowest BCUT2D eigenvalue weighted by Gasteiger charge is -2.08. The molecule has 6 heteroatoms. The molecule has 1 unspecified atom stereocenters.